The molecule has 1 saturated carbocycles. The number of nitrogens with one attached hydrogen (secondary N) is 1. The van der Waals surface area contributed by atoms with Crippen LogP contribution in [-0.4, -0.2) is 21.5 Å². The molecule has 0 heterocycles. The number of rotatable bonds is 6. The molecule has 1 aromatic rings. The minimum atomic E-state index is -3.58. The van der Waals surface area contributed by atoms with E-state index in [4.69, 9.17) is 5.14 Å². The van der Waals surface area contributed by atoms with Crippen molar-refractivity contribution in [3.63, 3.8) is 0 Å². The fraction of sp³-hybridized carbons (Fsp3) is 0.625. The lowest BCUT2D eigenvalue weighted by Gasteiger charge is -2.26. The zero-order valence-corrected chi connectivity index (χ0v) is 13.5. The molecular formula is C16H26N2O2S. The summed E-state index contributed by atoms with van der Waals surface area (Å²) in [6, 6.07) is 6.83. The van der Waals surface area contributed by atoms with Gasteiger partial charge in [0.2, 0.25) is 10.0 Å². The fourth-order valence-electron chi connectivity index (χ4n) is 2.92. The van der Waals surface area contributed by atoms with Gasteiger partial charge in [0.25, 0.3) is 0 Å². The lowest BCUT2D eigenvalue weighted by atomic mass is 9.83. The van der Waals surface area contributed by atoms with E-state index in [1.54, 1.807) is 12.1 Å². The van der Waals surface area contributed by atoms with Crippen molar-refractivity contribution in [3.8, 4) is 0 Å². The molecular weight excluding hydrogens is 284 g/mol. The number of primary sulfonamides is 1. The van der Waals surface area contributed by atoms with Gasteiger partial charge in [-0.2, -0.15) is 0 Å². The summed E-state index contributed by atoms with van der Waals surface area (Å²) in [5, 5.41) is 8.60. The van der Waals surface area contributed by atoms with Gasteiger partial charge in [-0.1, -0.05) is 31.9 Å². The molecule has 1 aliphatic rings. The van der Waals surface area contributed by atoms with Crippen molar-refractivity contribution in [2.24, 2.45) is 17.0 Å². The molecule has 0 aromatic heterocycles. The Balaban J connectivity index is 1.69. The minimum Gasteiger partial charge on any atom is -0.316 e. The standard InChI is InChI=1S/C16H26N2O2S/c1-13-2-4-15(5-3-13)12-18-11-10-14-6-8-16(9-7-14)21(17,19)20/h6-9,13,15,18H,2-5,10-12H2,1H3,(H2,17,19,20). The zero-order valence-electron chi connectivity index (χ0n) is 12.7. The van der Waals surface area contributed by atoms with Gasteiger partial charge < -0.3 is 5.32 Å². The molecule has 1 aromatic carbocycles. The smallest absolute Gasteiger partial charge is 0.238 e. The summed E-state index contributed by atoms with van der Waals surface area (Å²) in [7, 11) is -3.58. The highest BCUT2D eigenvalue weighted by Gasteiger charge is 2.17. The Kier molecular flexibility index (Phi) is 5.79. The fourth-order valence-corrected chi connectivity index (χ4v) is 3.43. The molecule has 0 aliphatic heterocycles. The number of benzene rings is 1. The van der Waals surface area contributed by atoms with E-state index in [1.807, 2.05) is 12.1 Å². The lowest BCUT2D eigenvalue weighted by Crippen LogP contribution is -2.27. The average molecular weight is 310 g/mol. The second-order valence-electron chi connectivity index (χ2n) is 6.27. The Labute approximate surface area is 128 Å². The monoisotopic (exact) mass is 310 g/mol. The van der Waals surface area contributed by atoms with E-state index in [0.717, 1.165) is 36.9 Å². The molecule has 0 unspecified atom stereocenters. The van der Waals surface area contributed by atoms with E-state index >= 15 is 0 Å². The van der Waals surface area contributed by atoms with Crippen molar-refractivity contribution in [2.75, 3.05) is 13.1 Å². The van der Waals surface area contributed by atoms with Gasteiger partial charge in [-0.15, -0.1) is 0 Å². The zero-order chi connectivity index (χ0) is 15.3. The lowest BCUT2D eigenvalue weighted by molar-refractivity contribution is 0.282. The molecule has 0 spiro atoms. The molecule has 0 atom stereocenters. The van der Waals surface area contributed by atoms with Gasteiger partial charge >= 0.3 is 0 Å². The largest absolute Gasteiger partial charge is 0.316 e. The van der Waals surface area contributed by atoms with Crippen molar-refractivity contribution in [2.45, 2.75) is 43.9 Å². The molecule has 2 rings (SSSR count). The SMILES string of the molecule is CC1CCC(CNCCc2ccc(S(N)(=O)=O)cc2)CC1. The summed E-state index contributed by atoms with van der Waals surface area (Å²) in [6.45, 7) is 4.37. The predicted octanol–water partition coefficient (Wildman–Crippen LogP) is 2.29. The second kappa shape index (κ2) is 7.38. The summed E-state index contributed by atoms with van der Waals surface area (Å²) < 4.78 is 22.3. The topological polar surface area (TPSA) is 72.2 Å². The molecule has 5 heteroatoms. The van der Waals surface area contributed by atoms with Gasteiger partial charge in [0.05, 0.1) is 4.90 Å². The molecule has 118 valence electrons. The maximum atomic E-state index is 11.2. The quantitative estimate of drug-likeness (QED) is 0.792. The Morgan fingerprint density at radius 1 is 1.14 bits per heavy atom. The normalized spacial score (nSPS) is 23.1. The van der Waals surface area contributed by atoms with Crippen LogP contribution in [0.25, 0.3) is 0 Å². The number of hydrogen-bond acceptors (Lipinski definition) is 3. The third kappa shape index (κ3) is 5.41. The minimum absolute atomic E-state index is 0.176. The Bertz CT molecular complexity index is 532. The molecule has 0 amide bonds. The van der Waals surface area contributed by atoms with Gasteiger partial charge in [-0.25, -0.2) is 13.6 Å². The molecule has 0 bridgehead atoms. The van der Waals surface area contributed by atoms with Crippen LogP contribution in [0.4, 0.5) is 0 Å². The highest BCUT2D eigenvalue weighted by molar-refractivity contribution is 7.89. The summed E-state index contributed by atoms with van der Waals surface area (Å²) in [5.74, 6) is 1.73. The van der Waals surface area contributed by atoms with Crippen LogP contribution < -0.4 is 10.5 Å². The average Bonchev–Trinajstić information content (AvgIpc) is 2.45. The maximum absolute atomic E-state index is 11.2. The Morgan fingerprint density at radius 2 is 1.76 bits per heavy atom. The van der Waals surface area contributed by atoms with Crippen LogP contribution in [0, 0.1) is 11.8 Å². The first kappa shape index (κ1) is 16.5. The maximum Gasteiger partial charge on any atom is 0.238 e. The van der Waals surface area contributed by atoms with Crippen molar-refractivity contribution in [3.05, 3.63) is 29.8 Å². The van der Waals surface area contributed by atoms with Crippen LogP contribution in [0.3, 0.4) is 0 Å². The van der Waals surface area contributed by atoms with E-state index in [2.05, 4.69) is 12.2 Å². The van der Waals surface area contributed by atoms with Crippen LogP contribution in [0.1, 0.15) is 38.2 Å². The predicted molar refractivity (Wildman–Crippen MR) is 85.5 cm³/mol. The number of nitrogens with two attached hydrogens (primary N) is 1. The third-order valence-corrected chi connectivity index (χ3v) is 5.34. The first-order valence-electron chi connectivity index (χ1n) is 7.77. The van der Waals surface area contributed by atoms with Crippen molar-refractivity contribution in [1.82, 2.24) is 5.32 Å². The molecule has 1 fully saturated rings. The molecule has 4 nitrogen and oxygen atoms in total. The number of hydrogen-bond donors (Lipinski definition) is 2. The highest BCUT2D eigenvalue weighted by Crippen LogP contribution is 2.27. The summed E-state index contributed by atoms with van der Waals surface area (Å²) >= 11 is 0. The second-order valence-corrected chi connectivity index (χ2v) is 7.83. The summed E-state index contributed by atoms with van der Waals surface area (Å²) in [4.78, 5) is 0.176. The van der Waals surface area contributed by atoms with Gasteiger partial charge in [0, 0.05) is 0 Å². The molecule has 3 N–H and O–H groups in total. The van der Waals surface area contributed by atoms with Gasteiger partial charge in [-0.05, 0) is 61.9 Å². The molecule has 0 radical (unpaired) electrons. The van der Waals surface area contributed by atoms with Crippen LogP contribution in [0.15, 0.2) is 29.2 Å². The van der Waals surface area contributed by atoms with E-state index in [9.17, 15) is 8.42 Å². The highest BCUT2D eigenvalue weighted by atomic mass is 32.2. The first-order chi connectivity index (χ1) is 9.95. The van der Waals surface area contributed by atoms with Crippen LogP contribution in [0.2, 0.25) is 0 Å². The van der Waals surface area contributed by atoms with Crippen molar-refractivity contribution in [1.29, 1.82) is 0 Å². The van der Waals surface area contributed by atoms with E-state index in [-0.39, 0.29) is 4.90 Å². The van der Waals surface area contributed by atoms with Crippen LogP contribution >= 0.6 is 0 Å². The van der Waals surface area contributed by atoms with E-state index in [1.165, 1.54) is 25.7 Å². The van der Waals surface area contributed by atoms with Crippen molar-refractivity contribution >= 4 is 10.0 Å². The van der Waals surface area contributed by atoms with E-state index < -0.39 is 10.0 Å². The Hall–Kier alpha value is -0.910. The molecule has 1 aliphatic carbocycles. The molecule has 0 saturated heterocycles. The summed E-state index contributed by atoms with van der Waals surface area (Å²) in [5.41, 5.74) is 1.13. The third-order valence-electron chi connectivity index (χ3n) is 4.41. The van der Waals surface area contributed by atoms with Crippen LogP contribution in [0.5, 0.6) is 0 Å². The number of sulfonamides is 1. The van der Waals surface area contributed by atoms with Crippen LogP contribution in [-0.2, 0) is 16.4 Å². The first-order valence-corrected chi connectivity index (χ1v) is 9.32. The Morgan fingerprint density at radius 3 is 2.33 bits per heavy atom. The van der Waals surface area contributed by atoms with Crippen molar-refractivity contribution < 1.29 is 8.42 Å². The van der Waals surface area contributed by atoms with Gasteiger partial charge in [0.15, 0.2) is 0 Å². The van der Waals surface area contributed by atoms with Gasteiger partial charge in [0.1, 0.15) is 0 Å². The van der Waals surface area contributed by atoms with E-state index in [0.29, 0.717) is 0 Å². The summed E-state index contributed by atoms with van der Waals surface area (Å²) in [6.07, 6.45) is 6.32. The van der Waals surface area contributed by atoms with Gasteiger partial charge in [-0.3, -0.25) is 0 Å². The molecule has 21 heavy (non-hydrogen) atoms.